The van der Waals surface area contributed by atoms with Gasteiger partial charge in [-0.15, -0.1) is 0 Å². The molecule has 18 heavy (non-hydrogen) atoms. The molecule has 1 aliphatic heterocycles. The first kappa shape index (κ1) is 12.7. The Morgan fingerprint density at radius 1 is 1.22 bits per heavy atom. The van der Waals surface area contributed by atoms with Crippen molar-refractivity contribution in [3.8, 4) is 0 Å². The van der Waals surface area contributed by atoms with Gasteiger partial charge in [-0.2, -0.15) is 0 Å². The second-order valence-electron chi connectivity index (χ2n) is 4.55. The molecule has 1 aromatic carbocycles. The molecule has 1 aliphatic rings. The highest BCUT2D eigenvalue weighted by Crippen LogP contribution is 2.32. The Balaban J connectivity index is 2.07. The minimum atomic E-state index is -0.713. The van der Waals surface area contributed by atoms with Crippen molar-refractivity contribution in [2.24, 2.45) is 0 Å². The van der Waals surface area contributed by atoms with Crippen LogP contribution in [0.4, 0.5) is 11.4 Å². The summed E-state index contributed by atoms with van der Waals surface area (Å²) in [6.45, 7) is 5.99. The molecule has 98 valence electrons. The van der Waals surface area contributed by atoms with E-state index < -0.39 is 5.97 Å². The van der Waals surface area contributed by atoms with E-state index in [-0.39, 0.29) is 6.42 Å². The standard InChI is InChI=1S/C14H20N2O2/c1-2-15-10-11-16(9-5-8-14(17)18)13-7-4-3-6-12(13)15/h3-4,6-7H,2,5,8-11H2,1H3,(H,17,18). The monoisotopic (exact) mass is 248 g/mol. The molecular weight excluding hydrogens is 228 g/mol. The lowest BCUT2D eigenvalue weighted by Crippen LogP contribution is -2.41. The summed E-state index contributed by atoms with van der Waals surface area (Å²) in [6.07, 6.45) is 0.950. The molecule has 4 heteroatoms. The lowest BCUT2D eigenvalue weighted by atomic mass is 10.1. The number of carboxylic acids is 1. The number of carbonyl (C=O) groups is 1. The molecule has 0 aliphatic carbocycles. The second kappa shape index (κ2) is 5.76. The van der Waals surface area contributed by atoms with Crippen LogP contribution in [0.25, 0.3) is 0 Å². The molecule has 0 saturated carbocycles. The van der Waals surface area contributed by atoms with E-state index in [1.165, 1.54) is 11.4 Å². The number of nitrogens with zero attached hydrogens (tertiary/aromatic N) is 2. The summed E-state index contributed by atoms with van der Waals surface area (Å²) >= 11 is 0. The molecule has 0 atom stereocenters. The van der Waals surface area contributed by atoms with Gasteiger partial charge in [-0.1, -0.05) is 12.1 Å². The Bertz CT molecular complexity index is 420. The maximum absolute atomic E-state index is 10.6. The number of likely N-dealkylation sites (N-methyl/N-ethyl adjacent to an activating group) is 1. The molecule has 1 heterocycles. The fourth-order valence-electron chi connectivity index (χ4n) is 2.46. The molecule has 0 saturated heterocycles. The predicted molar refractivity (Wildman–Crippen MR) is 73.4 cm³/mol. The van der Waals surface area contributed by atoms with E-state index in [0.717, 1.165) is 26.2 Å². The first-order valence-corrected chi connectivity index (χ1v) is 6.53. The fraction of sp³-hybridized carbons (Fsp3) is 0.500. The number of anilines is 2. The topological polar surface area (TPSA) is 43.8 Å². The third kappa shape index (κ3) is 2.75. The van der Waals surface area contributed by atoms with Gasteiger partial charge in [0.05, 0.1) is 11.4 Å². The van der Waals surface area contributed by atoms with Gasteiger partial charge >= 0.3 is 5.97 Å². The minimum Gasteiger partial charge on any atom is -0.481 e. The summed E-state index contributed by atoms with van der Waals surface area (Å²) in [5.41, 5.74) is 2.50. The summed E-state index contributed by atoms with van der Waals surface area (Å²) < 4.78 is 0. The highest BCUT2D eigenvalue weighted by atomic mass is 16.4. The molecule has 0 amide bonds. The normalized spacial score (nSPS) is 14.5. The van der Waals surface area contributed by atoms with Crippen LogP contribution in [0.15, 0.2) is 24.3 Å². The highest BCUT2D eigenvalue weighted by Gasteiger charge is 2.20. The average Bonchev–Trinajstić information content (AvgIpc) is 2.38. The third-order valence-corrected chi connectivity index (χ3v) is 3.40. The van der Waals surface area contributed by atoms with Crippen LogP contribution in [0.1, 0.15) is 19.8 Å². The lowest BCUT2D eigenvalue weighted by Gasteiger charge is -2.38. The van der Waals surface area contributed by atoms with Crippen LogP contribution in [-0.2, 0) is 4.79 Å². The first-order chi connectivity index (χ1) is 8.72. The van der Waals surface area contributed by atoms with Gasteiger partial charge in [-0.25, -0.2) is 0 Å². The van der Waals surface area contributed by atoms with E-state index in [0.29, 0.717) is 6.42 Å². The first-order valence-electron chi connectivity index (χ1n) is 6.53. The second-order valence-corrected chi connectivity index (χ2v) is 4.55. The number of para-hydroxylation sites is 2. The molecular formula is C14H20N2O2. The molecule has 4 nitrogen and oxygen atoms in total. The van der Waals surface area contributed by atoms with Gasteiger partial charge in [0.1, 0.15) is 0 Å². The van der Waals surface area contributed by atoms with Crippen LogP contribution in [-0.4, -0.2) is 37.3 Å². The van der Waals surface area contributed by atoms with Crippen molar-refractivity contribution < 1.29 is 9.90 Å². The van der Waals surface area contributed by atoms with Crippen LogP contribution < -0.4 is 9.80 Å². The van der Waals surface area contributed by atoms with Crippen LogP contribution in [0.5, 0.6) is 0 Å². The van der Waals surface area contributed by atoms with Crippen molar-refractivity contribution in [2.45, 2.75) is 19.8 Å². The minimum absolute atomic E-state index is 0.246. The van der Waals surface area contributed by atoms with Gasteiger partial charge in [0, 0.05) is 32.6 Å². The molecule has 1 N–H and O–H groups in total. The van der Waals surface area contributed by atoms with Crippen molar-refractivity contribution in [2.75, 3.05) is 36.0 Å². The number of hydrogen-bond donors (Lipinski definition) is 1. The summed E-state index contributed by atoms with van der Waals surface area (Å²) in [6, 6.07) is 8.37. The zero-order valence-electron chi connectivity index (χ0n) is 10.8. The van der Waals surface area contributed by atoms with E-state index >= 15 is 0 Å². The van der Waals surface area contributed by atoms with Gasteiger partial charge in [0.25, 0.3) is 0 Å². The van der Waals surface area contributed by atoms with Crippen molar-refractivity contribution in [3.63, 3.8) is 0 Å². The molecule has 0 aromatic heterocycles. The van der Waals surface area contributed by atoms with Crippen molar-refractivity contribution in [3.05, 3.63) is 24.3 Å². The van der Waals surface area contributed by atoms with Crippen molar-refractivity contribution in [1.29, 1.82) is 0 Å². The van der Waals surface area contributed by atoms with E-state index in [9.17, 15) is 4.79 Å². The van der Waals surface area contributed by atoms with E-state index in [4.69, 9.17) is 5.11 Å². The molecule has 0 spiro atoms. The quantitative estimate of drug-likeness (QED) is 0.867. The number of carboxylic acid groups (broad SMARTS) is 1. The lowest BCUT2D eigenvalue weighted by molar-refractivity contribution is -0.137. The number of hydrogen-bond acceptors (Lipinski definition) is 3. The maximum Gasteiger partial charge on any atom is 0.303 e. The zero-order valence-corrected chi connectivity index (χ0v) is 10.8. The Morgan fingerprint density at radius 3 is 2.44 bits per heavy atom. The number of aliphatic carboxylic acids is 1. The van der Waals surface area contributed by atoms with Crippen molar-refractivity contribution >= 4 is 17.3 Å². The van der Waals surface area contributed by atoms with Gasteiger partial charge in [0.2, 0.25) is 0 Å². The third-order valence-electron chi connectivity index (χ3n) is 3.40. The average molecular weight is 248 g/mol. The largest absolute Gasteiger partial charge is 0.481 e. The fourth-order valence-corrected chi connectivity index (χ4v) is 2.46. The molecule has 0 radical (unpaired) electrons. The maximum atomic E-state index is 10.6. The smallest absolute Gasteiger partial charge is 0.303 e. The zero-order chi connectivity index (χ0) is 13.0. The van der Waals surface area contributed by atoms with Crippen LogP contribution in [0.3, 0.4) is 0 Å². The molecule has 1 aromatic rings. The molecule has 0 fully saturated rings. The van der Waals surface area contributed by atoms with Crippen LogP contribution in [0, 0.1) is 0 Å². The number of benzene rings is 1. The summed E-state index contributed by atoms with van der Waals surface area (Å²) in [5.74, 6) is -0.713. The molecule has 0 bridgehead atoms. The van der Waals surface area contributed by atoms with E-state index in [1.54, 1.807) is 0 Å². The Kier molecular flexibility index (Phi) is 4.07. The van der Waals surface area contributed by atoms with Gasteiger partial charge in [0.15, 0.2) is 0 Å². The van der Waals surface area contributed by atoms with Crippen molar-refractivity contribution in [1.82, 2.24) is 0 Å². The van der Waals surface area contributed by atoms with Gasteiger partial charge < -0.3 is 14.9 Å². The van der Waals surface area contributed by atoms with E-state index in [1.807, 2.05) is 6.07 Å². The molecule has 0 unspecified atom stereocenters. The van der Waals surface area contributed by atoms with Gasteiger partial charge in [-0.05, 0) is 25.5 Å². The predicted octanol–water partition coefficient (Wildman–Crippen LogP) is 2.20. The van der Waals surface area contributed by atoms with Gasteiger partial charge in [-0.3, -0.25) is 4.79 Å². The van der Waals surface area contributed by atoms with E-state index in [2.05, 4.69) is 34.9 Å². The van der Waals surface area contributed by atoms with Crippen LogP contribution >= 0.6 is 0 Å². The highest BCUT2D eigenvalue weighted by molar-refractivity contribution is 5.73. The summed E-state index contributed by atoms with van der Waals surface area (Å²) in [7, 11) is 0. The Labute approximate surface area is 108 Å². The number of fused-ring (bicyclic) bond motifs is 1. The Morgan fingerprint density at radius 2 is 1.83 bits per heavy atom. The molecule has 2 rings (SSSR count). The SMILES string of the molecule is CCN1CCN(CCCC(=O)O)c2ccccc21. The Hall–Kier alpha value is -1.71. The summed E-state index contributed by atoms with van der Waals surface area (Å²) in [4.78, 5) is 15.2. The van der Waals surface area contributed by atoms with Crippen LogP contribution in [0.2, 0.25) is 0 Å². The summed E-state index contributed by atoms with van der Waals surface area (Å²) in [5, 5.41) is 8.69. The number of rotatable bonds is 5.